The van der Waals surface area contributed by atoms with Crippen LogP contribution in [0.3, 0.4) is 0 Å². The minimum absolute atomic E-state index is 0.0776. The van der Waals surface area contributed by atoms with E-state index in [9.17, 15) is 13.2 Å². The van der Waals surface area contributed by atoms with Gasteiger partial charge in [0, 0.05) is 19.2 Å². The third kappa shape index (κ3) is 4.33. The number of carbonyl (C=O) groups excluding carboxylic acids is 1. The van der Waals surface area contributed by atoms with Crippen molar-refractivity contribution in [3.63, 3.8) is 0 Å². The van der Waals surface area contributed by atoms with E-state index in [1.165, 1.54) is 31.2 Å². The summed E-state index contributed by atoms with van der Waals surface area (Å²) in [4.78, 5) is 14.1. The largest absolute Gasteiger partial charge is 0.497 e. The molecule has 2 aromatic rings. The van der Waals surface area contributed by atoms with Crippen LogP contribution in [0.5, 0.6) is 11.5 Å². The fraction of sp³-hybridized carbons (Fsp3) is 0.278. The van der Waals surface area contributed by atoms with E-state index in [2.05, 4.69) is 4.72 Å². The molecule has 0 unspecified atom stereocenters. The summed E-state index contributed by atoms with van der Waals surface area (Å²) >= 11 is 0. The molecule has 0 fully saturated rings. The minimum atomic E-state index is -3.75. The average molecular weight is 378 g/mol. The van der Waals surface area contributed by atoms with Crippen molar-refractivity contribution in [1.82, 2.24) is 9.62 Å². The van der Waals surface area contributed by atoms with Crippen LogP contribution < -0.4 is 14.2 Å². The van der Waals surface area contributed by atoms with Gasteiger partial charge in [-0.05, 0) is 42.9 Å². The number of hydrogen-bond acceptors (Lipinski definition) is 5. The maximum Gasteiger partial charge on any atom is 0.253 e. The van der Waals surface area contributed by atoms with Crippen molar-refractivity contribution in [3.8, 4) is 11.5 Å². The molecule has 0 atom stereocenters. The molecule has 0 saturated carbocycles. The molecule has 0 aliphatic heterocycles. The lowest BCUT2D eigenvalue weighted by Gasteiger charge is -2.18. The molecule has 8 heteroatoms. The summed E-state index contributed by atoms with van der Waals surface area (Å²) in [5.41, 5.74) is 1.19. The molecule has 2 rings (SSSR count). The molecule has 7 nitrogen and oxygen atoms in total. The monoisotopic (exact) mass is 378 g/mol. The summed E-state index contributed by atoms with van der Waals surface area (Å²) in [6, 6.07) is 11.7. The predicted octanol–water partition coefficient (Wildman–Crippen LogP) is 1.88. The summed E-state index contributed by atoms with van der Waals surface area (Å²) in [6.07, 6.45) is 0. The van der Waals surface area contributed by atoms with E-state index >= 15 is 0 Å². The first kappa shape index (κ1) is 19.7. The van der Waals surface area contributed by atoms with Crippen molar-refractivity contribution < 1.29 is 22.7 Å². The van der Waals surface area contributed by atoms with Crippen LogP contribution in [0.1, 0.15) is 15.9 Å². The van der Waals surface area contributed by atoms with Crippen LogP contribution in [0.4, 0.5) is 0 Å². The molecule has 1 N–H and O–H groups in total. The van der Waals surface area contributed by atoms with Crippen molar-refractivity contribution in [2.75, 3.05) is 28.3 Å². The van der Waals surface area contributed by atoms with E-state index in [1.54, 1.807) is 20.2 Å². The van der Waals surface area contributed by atoms with Gasteiger partial charge in [-0.1, -0.05) is 12.1 Å². The second-order valence-electron chi connectivity index (χ2n) is 5.58. The second-order valence-corrected chi connectivity index (χ2v) is 7.44. The molecule has 2 aromatic carbocycles. The van der Waals surface area contributed by atoms with Gasteiger partial charge in [-0.2, -0.15) is 0 Å². The molecule has 0 heterocycles. The van der Waals surface area contributed by atoms with Crippen LogP contribution in [-0.4, -0.2) is 47.5 Å². The first-order chi connectivity index (χ1) is 12.3. The zero-order chi connectivity index (χ0) is 19.3. The Labute approximate surface area is 153 Å². The van der Waals surface area contributed by atoms with Crippen molar-refractivity contribution in [2.45, 2.75) is 11.4 Å². The number of methoxy groups -OCH3 is 2. The highest BCUT2D eigenvalue weighted by Crippen LogP contribution is 2.25. The third-order valence-corrected chi connectivity index (χ3v) is 5.33. The number of ether oxygens (including phenoxy) is 2. The van der Waals surface area contributed by atoms with Gasteiger partial charge in [0.15, 0.2) is 0 Å². The molecule has 26 heavy (non-hydrogen) atoms. The van der Waals surface area contributed by atoms with E-state index in [0.717, 1.165) is 11.3 Å². The Balaban J connectivity index is 2.26. The molecule has 0 aliphatic carbocycles. The maximum absolute atomic E-state index is 12.7. The lowest BCUT2D eigenvalue weighted by molar-refractivity contribution is 0.0785. The van der Waals surface area contributed by atoms with Crippen LogP contribution >= 0.6 is 0 Å². The van der Waals surface area contributed by atoms with Gasteiger partial charge in [0.1, 0.15) is 16.4 Å². The molecule has 140 valence electrons. The minimum Gasteiger partial charge on any atom is -0.497 e. The average Bonchev–Trinajstić information content (AvgIpc) is 2.67. The zero-order valence-corrected chi connectivity index (χ0v) is 16.0. The van der Waals surface area contributed by atoms with Gasteiger partial charge in [-0.15, -0.1) is 0 Å². The van der Waals surface area contributed by atoms with Gasteiger partial charge in [0.25, 0.3) is 5.91 Å². The lowest BCUT2D eigenvalue weighted by Crippen LogP contribution is -2.27. The van der Waals surface area contributed by atoms with Gasteiger partial charge in [0.05, 0.1) is 14.2 Å². The number of nitrogens with one attached hydrogen (secondary N) is 1. The van der Waals surface area contributed by atoms with Gasteiger partial charge in [-0.25, -0.2) is 13.1 Å². The van der Waals surface area contributed by atoms with E-state index in [1.807, 2.05) is 24.3 Å². The molecule has 1 amide bonds. The Hall–Kier alpha value is -2.58. The quantitative estimate of drug-likeness (QED) is 0.795. The number of sulfonamides is 1. The highest BCUT2D eigenvalue weighted by atomic mass is 32.2. The number of amides is 1. The van der Waals surface area contributed by atoms with Crippen LogP contribution in [0.15, 0.2) is 47.4 Å². The second kappa shape index (κ2) is 8.20. The van der Waals surface area contributed by atoms with Crippen LogP contribution in [0, 0.1) is 0 Å². The SMILES string of the molecule is CNS(=O)(=O)c1cc(C(=O)N(C)Cc2ccc(OC)cc2)ccc1OC. The number of rotatable bonds is 7. The number of nitrogens with zero attached hydrogens (tertiary/aromatic N) is 1. The van der Waals surface area contributed by atoms with E-state index < -0.39 is 10.0 Å². The zero-order valence-electron chi connectivity index (χ0n) is 15.1. The summed E-state index contributed by atoms with van der Waals surface area (Å²) in [5.74, 6) is 0.615. The van der Waals surface area contributed by atoms with Crippen LogP contribution in [-0.2, 0) is 16.6 Å². The summed E-state index contributed by atoms with van der Waals surface area (Å²) in [7, 11) is 2.18. The van der Waals surface area contributed by atoms with Crippen LogP contribution in [0.2, 0.25) is 0 Å². The van der Waals surface area contributed by atoms with Crippen LogP contribution in [0.25, 0.3) is 0 Å². The molecule has 0 saturated heterocycles. The Bertz CT molecular complexity index is 879. The lowest BCUT2D eigenvalue weighted by atomic mass is 10.1. The topological polar surface area (TPSA) is 84.9 Å². The molecule has 0 bridgehead atoms. The van der Waals surface area contributed by atoms with Gasteiger partial charge in [0.2, 0.25) is 10.0 Å². The highest BCUT2D eigenvalue weighted by Gasteiger charge is 2.21. The molecular formula is C18H22N2O5S. The number of carbonyl (C=O) groups is 1. The first-order valence-electron chi connectivity index (χ1n) is 7.82. The maximum atomic E-state index is 12.7. The Morgan fingerprint density at radius 1 is 1.08 bits per heavy atom. The molecular weight excluding hydrogens is 356 g/mol. The third-order valence-electron chi connectivity index (χ3n) is 3.89. The van der Waals surface area contributed by atoms with Gasteiger partial charge >= 0.3 is 0 Å². The number of benzene rings is 2. The summed E-state index contributed by atoms with van der Waals surface area (Å²) in [5, 5.41) is 0. The fourth-order valence-corrected chi connectivity index (χ4v) is 3.34. The number of hydrogen-bond donors (Lipinski definition) is 1. The summed E-state index contributed by atoms with van der Waals surface area (Å²) in [6.45, 7) is 0.378. The van der Waals surface area contributed by atoms with E-state index in [0.29, 0.717) is 6.54 Å². The van der Waals surface area contributed by atoms with Gasteiger partial charge < -0.3 is 14.4 Å². The van der Waals surface area contributed by atoms with Crippen molar-refractivity contribution in [1.29, 1.82) is 0 Å². The van der Waals surface area contributed by atoms with Gasteiger partial charge in [-0.3, -0.25) is 4.79 Å². The van der Waals surface area contributed by atoms with E-state index in [-0.39, 0.29) is 22.1 Å². The smallest absolute Gasteiger partial charge is 0.253 e. The van der Waals surface area contributed by atoms with Crippen molar-refractivity contribution in [2.24, 2.45) is 0 Å². The predicted molar refractivity (Wildman–Crippen MR) is 98.0 cm³/mol. The standard InChI is InChI=1S/C18H22N2O5S/c1-19-26(22,23)17-11-14(7-10-16(17)25-4)18(21)20(2)12-13-5-8-15(24-3)9-6-13/h5-11,19H,12H2,1-4H3. The molecule has 0 radical (unpaired) electrons. The normalized spacial score (nSPS) is 11.1. The van der Waals surface area contributed by atoms with Crippen molar-refractivity contribution >= 4 is 15.9 Å². The first-order valence-corrected chi connectivity index (χ1v) is 9.30. The van der Waals surface area contributed by atoms with E-state index in [4.69, 9.17) is 9.47 Å². The Kier molecular flexibility index (Phi) is 6.23. The Morgan fingerprint density at radius 3 is 2.27 bits per heavy atom. The molecule has 0 spiro atoms. The van der Waals surface area contributed by atoms with Crippen molar-refractivity contribution in [3.05, 3.63) is 53.6 Å². The molecule has 0 aliphatic rings. The highest BCUT2D eigenvalue weighted by molar-refractivity contribution is 7.89. The summed E-state index contributed by atoms with van der Waals surface area (Å²) < 4.78 is 36.7. The Morgan fingerprint density at radius 2 is 1.73 bits per heavy atom. The molecule has 0 aromatic heterocycles. The fourth-order valence-electron chi connectivity index (χ4n) is 2.43.